The molecule has 0 aromatic heterocycles. The Kier molecular flexibility index (Phi) is 5.30. The fourth-order valence-electron chi connectivity index (χ4n) is 3.08. The van der Waals surface area contributed by atoms with Crippen LogP contribution in [0.25, 0.3) is 0 Å². The fraction of sp³-hybridized carbons (Fsp3) is 0.368. The van der Waals surface area contributed by atoms with Gasteiger partial charge in [0.2, 0.25) is 10.0 Å². The van der Waals surface area contributed by atoms with Crippen molar-refractivity contribution < 1.29 is 13.2 Å². The lowest BCUT2D eigenvalue weighted by molar-refractivity contribution is 0.378. The van der Waals surface area contributed by atoms with Gasteiger partial charge in [-0.15, -0.1) is 0 Å². The third-order valence-corrected chi connectivity index (χ3v) is 6.38. The summed E-state index contributed by atoms with van der Waals surface area (Å²) < 4.78 is 32.4. The molecule has 6 heteroatoms. The van der Waals surface area contributed by atoms with Crippen LogP contribution in [0.15, 0.2) is 48.5 Å². The van der Waals surface area contributed by atoms with E-state index in [9.17, 15) is 8.42 Å². The summed E-state index contributed by atoms with van der Waals surface area (Å²) in [6.45, 7) is 4.30. The molecule has 2 aromatic rings. The summed E-state index contributed by atoms with van der Waals surface area (Å²) >= 11 is 0. The van der Waals surface area contributed by atoms with Crippen LogP contribution in [0.3, 0.4) is 0 Å². The number of benzene rings is 2. The molecule has 1 fully saturated rings. The molecule has 0 N–H and O–H groups in total. The first kappa shape index (κ1) is 17.8. The molecule has 0 aliphatic carbocycles. The molecule has 134 valence electrons. The van der Waals surface area contributed by atoms with Crippen molar-refractivity contribution in [2.24, 2.45) is 0 Å². The molecule has 2 aromatic carbocycles. The van der Waals surface area contributed by atoms with E-state index < -0.39 is 10.0 Å². The summed E-state index contributed by atoms with van der Waals surface area (Å²) in [5.41, 5.74) is 2.98. The second kappa shape index (κ2) is 7.45. The highest BCUT2D eigenvalue weighted by molar-refractivity contribution is 7.88. The van der Waals surface area contributed by atoms with Crippen LogP contribution in [0.2, 0.25) is 0 Å². The summed E-state index contributed by atoms with van der Waals surface area (Å²) in [7, 11) is -1.64. The minimum absolute atomic E-state index is 0.0575. The van der Waals surface area contributed by atoms with Crippen LogP contribution in [0.5, 0.6) is 5.75 Å². The van der Waals surface area contributed by atoms with E-state index in [0.717, 1.165) is 22.6 Å². The molecular formula is C19H24N2O3S. The topological polar surface area (TPSA) is 49.9 Å². The van der Waals surface area contributed by atoms with Crippen molar-refractivity contribution in [3.63, 3.8) is 0 Å². The number of nitrogens with zero attached hydrogens (tertiary/aromatic N) is 2. The van der Waals surface area contributed by atoms with Crippen LogP contribution in [0.4, 0.5) is 5.69 Å². The molecular weight excluding hydrogens is 336 g/mol. The predicted molar refractivity (Wildman–Crippen MR) is 101 cm³/mol. The van der Waals surface area contributed by atoms with Gasteiger partial charge in [-0.1, -0.05) is 42.0 Å². The lowest BCUT2D eigenvalue weighted by Crippen LogP contribution is -2.49. The number of anilines is 1. The number of hydrogen-bond acceptors (Lipinski definition) is 4. The Morgan fingerprint density at radius 1 is 0.960 bits per heavy atom. The number of sulfonamides is 1. The molecule has 0 bridgehead atoms. The number of hydrogen-bond donors (Lipinski definition) is 0. The number of para-hydroxylation sites is 2. The van der Waals surface area contributed by atoms with Crippen LogP contribution in [-0.2, 0) is 15.8 Å². The summed E-state index contributed by atoms with van der Waals surface area (Å²) in [4.78, 5) is 2.18. The van der Waals surface area contributed by atoms with Gasteiger partial charge in [-0.25, -0.2) is 8.42 Å². The minimum atomic E-state index is -3.30. The van der Waals surface area contributed by atoms with Gasteiger partial charge in [-0.05, 0) is 24.6 Å². The Hall–Kier alpha value is -2.05. The van der Waals surface area contributed by atoms with Gasteiger partial charge in [0.1, 0.15) is 5.75 Å². The van der Waals surface area contributed by atoms with E-state index in [1.807, 2.05) is 55.5 Å². The van der Waals surface area contributed by atoms with E-state index in [0.29, 0.717) is 26.2 Å². The zero-order valence-electron chi connectivity index (χ0n) is 14.7. The molecule has 0 amide bonds. The number of aryl methyl sites for hydroxylation is 1. The number of piperazine rings is 1. The van der Waals surface area contributed by atoms with Crippen molar-refractivity contribution in [3.8, 4) is 5.75 Å². The Morgan fingerprint density at radius 3 is 2.24 bits per heavy atom. The lowest BCUT2D eigenvalue weighted by atomic mass is 10.2. The third kappa shape index (κ3) is 4.14. The SMILES string of the molecule is COc1ccccc1N1CCN(S(=O)(=O)Cc2ccc(C)cc2)CC1. The first-order valence-corrected chi connectivity index (χ1v) is 10.0. The van der Waals surface area contributed by atoms with Gasteiger partial charge < -0.3 is 9.64 Å². The minimum Gasteiger partial charge on any atom is -0.495 e. The second-order valence-corrected chi connectivity index (χ2v) is 8.27. The molecule has 0 saturated carbocycles. The standard InChI is InChI=1S/C19H24N2O3S/c1-16-7-9-17(10-8-16)15-25(22,23)21-13-11-20(12-14-21)18-5-3-4-6-19(18)24-2/h3-10H,11-15H2,1-2H3. The average molecular weight is 360 g/mol. The van der Waals surface area contributed by atoms with Gasteiger partial charge in [-0.3, -0.25) is 0 Å². The molecule has 25 heavy (non-hydrogen) atoms. The fourth-order valence-corrected chi connectivity index (χ4v) is 4.60. The lowest BCUT2D eigenvalue weighted by Gasteiger charge is -2.36. The molecule has 1 aliphatic heterocycles. The van der Waals surface area contributed by atoms with Crippen molar-refractivity contribution in [1.29, 1.82) is 0 Å². The van der Waals surface area contributed by atoms with Crippen molar-refractivity contribution in [2.45, 2.75) is 12.7 Å². The molecule has 5 nitrogen and oxygen atoms in total. The van der Waals surface area contributed by atoms with E-state index in [-0.39, 0.29) is 5.75 Å². The normalized spacial score (nSPS) is 16.0. The first-order chi connectivity index (χ1) is 12.0. The van der Waals surface area contributed by atoms with Crippen molar-refractivity contribution in [3.05, 3.63) is 59.7 Å². The molecule has 0 atom stereocenters. The van der Waals surface area contributed by atoms with Gasteiger partial charge in [0.05, 0.1) is 18.6 Å². The average Bonchev–Trinajstić information content (AvgIpc) is 2.63. The van der Waals surface area contributed by atoms with Crippen LogP contribution >= 0.6 is 0 Å². The smallest absolute Gasteiger partial charge is 0.218 e. The Bertz CT molecular complexity index is 811. The molecule has 0 unspecified atom stereocenters. The maximum atomic E-state index is 12.7. The van der Waals surface area contributed by atoms with Crippen LogP contribution in [0.1, 0.15) is 11.1 Å². The molecule has 1 heterocycles. The maximum Gasteiger partial charge on any atom is 0.218 e. The summed E-state index contributed by atoms with van der Waals surface area (Å²) in [5, 5.41) is 0. The highest BCUT2D eigenvalue weighted by Gasteiger charge is 2.28. The van der Waals surface area contributed by atoms with E-state index in [2.05, 4.69) is 4.90 Å². The van der Waals surface area contributed by atoms with Gasteiger partial charge in [0.25, 0.3) is 0 Å². The van der Waals surface area contributed by atoms with Gasteiger partial charge >= 0.3 is 0 Å². The van der Waals surface area contributed by atoms with E-state index in [1.165, 1.54) is 0 Å². The van der Waals surface area contributed by atoms with Gasteiger partial charge in [0, 0.05) is 26.2 Å². The van der Waals surface area contributed by atoms with Crippen molar-refractivity contribution >= 4 is 15.7 Å². The van der Waals surface area contributed by atoms with Crippen LogP contribution in [-0.4, -0.2) is 46.0 Å². The van der Waals surface area contributed by atoms with Crippen LogP contribution < -0.4 is 9.64 Å². The Morgan fingerprint density at radius 2 is 1.60 bits per heavy atom. The maximum absolute atomic E-state index is 12.7. The first-order valence-electron chi connectivity index (χ1n) is 8.41. The summed E-state index contributed by atoms with van der Waals surface area (Å²) in [6.07, 6.45) is 0. The van der Waals surface area contributed by atoms with Crippen molar-refractivity contribution in [2.75, 3.05) is 38.2 Å². The van der Waals surface area contributed by atoms with Gasteiger partial charge in [0.15, 0.2) is 0 Å². The molecule has 1 saturated heterocycles. The van der Waals surface area contributed by atoms with Crippen molar-refractivity contribution in [1.82, 2.24) is 4.31 Å². The Labute approximate surface area is 149 Å². The van der Waals surface area contributed by atoms with E-state index in [1.54, 1.807) is 11.4 Å². The summed E-state index contributed by atoms with van der Waals surface area (Å²) in [6, 6.07) is 15.5. The molecule has 1 aliphatic rings. The van der Waals surface area contributed by atoms with Gasteiger partial charge in [-0.2, -0.15) is 4.31 Å². The molecule has 0 spiro atoms. The molecule has 0 radical (unpaired) electrons. The molecule has 3 rings (SSSR count). The predicted octanol–water partition coefficient (Wildman–Crippen LogP) is 2.66. The van der Waals surface area contributed by atoms with Crippen LogP contribution in [0, 0.1) is 6.92 Å². The quantitative estimate of drug-likeness (QED) is 0.823. The third-order valence-electron chi connectivity index (χ3n) is 4.53. The second-order valence-electron chi connectivity index (χ2n) is 6.30. The number of rotatable bonds is 5. The monoisotopic (exact) mass is 360 g/mol. The largest absolute Gasteiger partial charge is 0.495 e. The van der Waals surface area contributed by atoms with E-state index in [4.69, 9.17) is 4.74 Å². The highest BCUT2D eigenvalue weighted by Crippen LogP contribution is 2.28. The highest BCUT2D eigenvalue weighted by atomic mass is 32.2. The number of methoxy groups -OCH3 is 1. The zero-order valence-corrected chi connectivity index (χ0v) is 15.5. The number of ether oxygens (including phenoxy) is 1. The van der Waals surface area contributed by atoms with E-state index >= 15 is 0 Å². The summed E-state index contributed by atoms with van der Waals surface area (Å²) in [5.74, 6) is 0.875. The Balaban J connectivity index is 1.66. The zero-order chi connectivity index (χ0) is 17.9.